The molecule has 2 bridgehead atoms. The van der Waals surface area contributed by atoms with Crippen LogP contribution < -0.4 is 11.1 Å². The number of nitrogens with one attached hydrogen (secondary N) is 1. The van der Waals surface area contributed by atoms with Crippen molar-refractivity contribution >= 4 is 12.4 Å². The van der Waals surface area contributed by atoms with Crippen LogP contribution in [0.15, 0.2) is 0 Å². The van der Waals surface area contributed by atoms with Crippen LogP contribution >= 0.6 is 12.4 Å². The Morgan fingerprint density at radius 2 is 1.60 bits per heavy atom. The molecule has 2 aliphatic heterocycles. The summed E-state index contributed by atoms with van der Waals surface area (Å²) in [5.74, 6) is 0. The average Bonchev–Trinajstić information content (AvgIpc) is 2.11. The van der Waals surface area contributed by atoms with Gasteiger partial charge in [0.15, 0.2) is 0 Å². The van der Waals surface area contributed by atoms with Gasteiger partial charge in [0.25, 0.3) is 0 Å². The minimum absolute atomic E-state index is 0. The van der Waals surface area contributed by atoms with Crippen molar-refractivity contribution in [1.29, 1.82) is 0 Å². The first-order valence-electron chi connectivity index (χ1n) is 3.86. The smallest absolute Gasteiger partial charge is 0.00849 e. The lowest BCUT2D eigenvalue weighted by Gasteiger charge is -2.25. The van der Waals surface area contributed by atoms with Gasteiger partial charge in [-0.3, -0.25) is 0 Å². The zero-order chi connectivity index (χ0) is 6.27. The molecule has 0 aromatic rings. The molecular formula is C7H15ClN2. The quantitative estimate of drug-likeness (QED) is 0.549. The van der Waals surface area contributed by atoms with E-state index in [1.54, 1.807) is 0 Å². The van der Waals surface area contributed by atoms with E-state index in [2.05, 4.69) is 5.32 Å². The second kappa shape index (κ2) is 3.07. The minimum Gasteiger partial charge on any atom is -0.328 e. The Morgan fingerprint density at radius 1 is 1.10 bits per heavy atom. The van der Waals surface area contributed by atoms with Gasteiger partial charge in [-0.05, 0) is 25.7 Å². The van der Waals surface area contributed by atoms with Gasteiger partial charge < -0.3 is 11.1 Å². The van der Waals surface area contributed by atoms with Crippen LogP contribution in [-0.2, 0) is 0 Å². The summed E-state index contributed by atoms with van der Waals surface area (Å²) in [5, 5.41) is 3.54. The fourth-order valence-electron chi connectivity index (χ4n) is 2.10. The van der Waals surface area contributed by atoms with Crippen LogP contribution in [0.3, 0.4) is 0 Å². The van der Waals surface area contributed by atoms with Crippen molar-refractivity contribution in [2.24, 2.45) is 5.73 Å². The Morgan fingerprint density at radius 3 is 2.10 bits per heavy atom. The number of halogens is 1. The number of piperidine rings is 1. The summed E-state index contributed by atoms with van der Waals surface area (Å²) in [4.78, 5) is 0. The van der Waals surface area contributed by atoms with Gasteiger partial charge in [-0.2, -0.15) is 0 Å². The molecule has 2 atom stereocenters. The summed E-state index contributed by atoms with van der Waals surface area (Å²) in [6, 6.07) is 2.02. The number of fused-ring (bicyclic) bond motifs is 2. The normalized spacial score (nSPS) is 44.7. The molecule has 0 amide bonds. The molecule has 0 spiro atoms. The van der Waals surface area contributed by atoms with Crippen molar-refractivity contribution in [3.05, 3.63) is 0 Å². The highest BCUT2D eigenvalue weighted by Crippen LogP contribution is 2.25. The summed E-state index contributed by atoms with van der Waals surface area (Å²) in [6.45, 7) is 0. The first-order chi connectivity index (χ1) is 4.34. The largest absolute Gasteiger partial charge is 0.328 e. The molecule has 2 unspecified atom stereocenters. The highest BCUT2D eigenvalue weighted by Gasteiger charge is 2.31. The van der Waals surface area contributed by atoms with Gasteiger partial charge in [0.1, 0.15) is 0 Å². The third-order valence-electron chi connectivity index (χ3n) is 2.51. The van der Waals surface area contributed by atoms with Crippen molar-refractivity contribution in [2.45, 2.75) is 43.8 Å². The maximum atomic E-state index is 5.82. The van der Waals surface area contributed by atoms with Crippen molar-refractivity contribution in [3.8, 4) is 0 Å². The van der Waals surface area contributed by atoms with Crippen LogP contribution in [0.1, 0.15) is 25.7 Å². The molecule has 0 aromatic heterocycles. The van der Waals surface area contributed by atoms with Gasteiger partial charge in [-0.1, -0.05) is 0 Å². The van der Waals surface area contributed by atoms with E-state index in [-0.39, 0.29) is 12.4 Å². The molecule has 60 valence electrons. The van der Waals surface area contributed by atoms with Crippen LogP contribution in [0, 0.1) is 0 Å². The maximum absolute atomic E-state index is 5.82. The van der Waals surface area contributed by atoms with Crippen LogP contribution in [0.5, 0.6) is 0 Å². The van der Waals surface area contributed by atoms with E-state index in [9.17, 15) is 0 Å². The minimum atomic E-state index is 0. The first-order valence-corrected chi connectivity index (χ1v) is 3.86. The molecule has 2 heterocycles. The maximum Gasteiger partial charge on any atom is 0.00849 e. The second-order valence-electron chi connectivity index (χ2n) is 3.37. The highest BCUT2D eigenvalue weighted by molar-refractivity contribution is 5.85. The molecule has 2 fully saturated rings. The molecule has 10 heavy (non-hydrogen) atoms. The molecule has 3 heteroatoms. The fraction of sp³-hybridized carbons (Fsp3) is 1.00. The van der Waals surface area contributed by atoms with Gasteiger partial charge in [-0.15, -0.1) is 12.4 Å². The molecule has 2 nitrogen and oxygen atoms in total. The van der Waals surface area contributed by atoms with E-state index in [0.29, 0.717) is 6.04 Å². The Kier molecular flexibility index (Phi) is 2.55. The van der Waals surface area contributed by atoms with Crippen LogP contribution in [0.2, 0.25) is 0 Å². The van der Waals surface area contributed by atoms with Crippen molar-refractivity contribution in [3.63, 3.8) is 0 Å². The van der Waals surface area contributed by atoms with E-state index in [1.807, 2.05) is 0 Å². The third kappa shape index (κ3) is 1.44. The molecule has 2 aliphatic rings. The summed E-state index contributed by atoms with van der Waals surface area (Å²) < 4.78 is 0. The lowest BCUT2D eigenvalue weighted by Crippen LogP contribution is -2.43. The summed E-state index contributed by atoms with van der Waals surface area (Å²) in [6.07, 6.45) is 5.13. The lowest BCUT2D eigenvalue weighted by atomic mass is 10.0. The van der Waals surface area contributed by atoms with Gasteiger partial charge in [0, 0.05) is 18.1 Å². The molecule has 0 aromatic carbocycles. The Labute approximate surface area is 68.0 Å². The van der Waals surface area contributed by atoms with Gasteiger partial charge >= 0.3 is 0 Å². The molecule has 0 saturated carbocycles. The monoisotopic (exact) mass is 162 g/mol. The average molecular weight is 163 g/mol. The predicted molar refractivity (Wildman–Crippen MR) is 44.4 cm³/mol. The van der Waals surface area contributed by atoms with Crippen molar-refractivity contribution in [2.75, 3.05) is 0 Å². The molecule has 2 rings (SSSR count). The number of hydrogen-bond donors (Lipinski definition) is 2. The number of hydrogen-bond acceptors (Lipinski definition) is 2. The molecular weight excluding hydrogens is 148 g/mol. The van der Waals surface area contributed by atoms with E-state index >= 15 is 0 Å². The van der Waals surface area contributed by atoms with Crippen molar-refractivity contribution in [1.82, 2.24) is 5.32 Å². The van der Waals surface area contributed by atoms with E-state index < -0.39 is 0 Å². The Bertz CT molecular complexity index is 106. The van der Waals surface area contributed by atoms with E-state index in [4.69, 9.17) is 5.73 Å². The fourth-order valence-corrected chi connectivity index (χ4v) is 2.10. The molecule has 3 N–H and O–H groups in total. The van der Waals surface area contributed by atoms with Crippen molar-refractivity contribution < 1.29 is 0 Å². The zero-order valence-electron chi connectivity index (χ0n) is 6.05. The molecule has 2 saturated heterocycles. The SMILES string of the molecule is Cl.NC1CC2CCC(C1)N2. The van der Waals surface area contributed by atoms with Crippen LogP contribution in [-0.4, -0.2) is 18.1 Å². The van der Waals surface area contributed by atoms with Gasteiger partial charge in [-0.25, -0.2) is 0 Å². The predicted octanol–water partition coefficient (Wildman–Crippen LogP) is 0.650. The molecule has 0 aliphatic carbocycles. The Hall–Kier alpha value is 0.210. The van der Waals surface area contributed by atoms with E-state index in [1.165, 1.54) is 25.7 Å². The highest BCUT2D eigenvalue weighted by atomic mass is 35.5. The number of rotatable bonds is 0. The zero-order valence-corrected chi connectivity index (χ0v) is 6.86. The second-order valence-corrected chi connectivity index (χ2v) is 3.37. The standard InChI is InChI=1S/C7H14N2.ClH/c8-5-3-6-1-2-7(4-5)9-6;/h5-7,9H,1-4,8H2;1H. The first kappa shape index (κ1) is 8.31. The van der Waals surface area contributed by atoms with Gasteiger partial charge in [0.2, 0.25) is 0 Å². The third-order valence-corrected chi connectivity index (χ3v) is 2.51. The van der Waals surface area contributed by atoms with Crippen LogP contribution in [0.25, 0.3) is 0 Å². The van der Waals surface area contributed by atoms with E-state index in [0.717, 1.165) is 12.1 Å². The summed E-state index contributed by atoms with van der Waals surface area (Å²) in [7, 11) is 0. The van der Waals surface area contributed by atoms with Gasteiger partial charge in [0.05, 0.1) is 0 Å². The number of nitrogens with two attached hydrogens (primary N) is 1. The lowest BCUT2D eigenvalue weighted by molar-refractivity contribution is 0.363. The summed E-state index contributed by atoms with van der Waals surface area (Å²) >= 11 is 0. The van der Waals surface area contributed by atoms with Crippen LogP contribution in [0.4, 0.5) is 0 Å². The Balaban J connectivity index is 0.000000500. The molecule has 0 radical (unpaired) electrons. The summed E-state index contributed by atoms with van der Waals surface area (Å²) in [5.41, 5.74) is 5.82. The topological polar surface area (TPSA) is 38.0 Å².